The van der Waals surface area contributed by atoms with Crippen LogP contribution in [0.2, 0.25) is 5.02 Å². The fourth-order valence-corrected chi connectivity index (χ4v) is 3.45. The molecular formula is C20H16ClN3O4S. The molecule has 29 heavy (non-hydrogen) atoms. The standard InChI is InChI=1S/C20H16ClN3O4S/c1-12(25)22-20-24-19(27)17(29-20)10-13-7-8-16(15(21)9-13)28-11-18(26)23-14-5-3-2-4-6-14/h2-10H,11H2,1H3,(H,23,26)(H,22,24,25,27). The van der Waals surface area contributed by atoms with E-state index in [1.54, 1.807) is 36.4 Å². The van der Waals surface area contributed by atoms with Crippen molar-refractivity contribution >= 4 is 58.0 Å². The number of hydrogen-bond acceptors (Lipinski definition) is 5. The lowest BCUT2D eigenvalue weighted by Crippen LogP contribution is -2.23. The first-order valence-corrected chi connectivity index (χ1v) is 9.67. The highest BCUT2D eigenvalue weighted by molar-refractivity contribution is 8.18. The normalized spacial score (nSPS) is 14.5. The highest BCUT2D eigenvalue weighted by Gasteiger charge is 2.22. The summed E-state index contributed by atoms with van der Waals surface area (Å²) in [6, 6.07) is 14.0. The number of anilines is 1. The van der Waals surface area contributed by atoms with Crippen molar-refractivity contribution < 1.29 is 19.1 Å². The zero-order valence-electron chi connectivity index (χ0n) is 15.3. The molecule has 0 aromatic heterocycles. The van der Waals surface area contributed by atoms with Gasteiger partial charge in [-0.25, -0.2) is 0 Å². The number of hydrogen-bond donors (Lipinski definition) is 2. The van der Waals surface area contributed by atoms with Crippen LogP contribution >= 0.6 is 23.4 Å². The van der Waals surface area contributed by atoms with E-state index in [4.69, 9.17) is 16.3 Å². The molecule has 2 N–H and O–H groups in total. The van der Waals surface area contributed by atoms with Crippen molar-refractivity contribution in [3.63, 3.8) is 0 Å². The average molecular weight is 430 g/mol. The fourth-order valence-electron chi connectivity index (χ4n) is 2.35. The summed E-state index contributed by atoms with van der Waals surface area (Å²) in [4.78, 5) is 39.1. The molecule has 0 aliphatic carbocycles. The summed E-state index contributed by atoms with van der Waals surface area (Å²) >= 11 is 7.30. The summed E-state index contributed by atoms with van der Waals surface area (Å²) in [7, 11) is 0. The molecule has 1 heterocycles. The summed E-state index contributed by atoms with van der Waals surface area (Å²) in [6.07, 6.45) is 1.61. The second-order valence-corrected chi connectivity index (χ2v) is 7.34. The Morgan fingerprint density at radius 1 is 1.17 bits per heavy atom. The van der Waals surface area contributed by atoms with Crippen molar-refractivity contribution in [2.75, 3.05) is 11.9 Å². The molecule has 0 saturated heterocycles. The van der Waals surface area contributed by atoms with Gasteiger partial charge < -0.3 is 15.4 Å². The minimum absolute atomic E-state index is 0.197. The Morgan fingerprint density at radius 2 is 1.93 bits per heavy atom. The lowest BCUT2D eigenvalue weighted by Gasteiger charge is -2.09. The van der Waals surface area contributed by atoms with Crippen LogP contribution in [0, 0.1) is 0 Å². The fraction of sp³-hybridized carbons (Fsp3) is 0.100. The van der Waals surface area contributed by atoms with E-state index in [1.807, 2.05) is 18.2 Å². The Kier molecular flexibility index (Phi) is 6.69. The second-order valence-electron chi connectivity index (χ2n) is 5.91. The predicted molar refractivity (Wildman–Crippen MR) is 114 cm³/mol. The third-order valence-corrected chi connectivity index (χ3v) is 4.77. The lowest BCUT2D eigenvalue weighted by molar-refractivity contribution is -0.118. The molecule has 0 radical (unpaired) electrons. The number of carbonyl (C=O) groups excluding carboxylic acids is 3. The van der Waals surface area contributed by atoms with Gasteiger partial charge in [0.05, 0.1) is 9.93 Å². The first-order chi connectivity index (χ1) is 13.9. The van der Waals surface area contributed by atoms with Crippen molar-refractivity contribution in [2.24, 2.45) is 4.99 Å². The number of rotatable bonds is 5. The number of amides is 3. The van der Waals surface area contributed by atoms with E-state index in [2.05, 4.69) is 15.6 Å². The molecule has 0 unspecified atom stereocenters. The smallest absolute Gasteiger partial charge is 0.286 e. The second kappa shape index (κ2) is 9.40. The van der Waals surface area contributed by atoms with Gasteiger partial charge in [-0.15, -0.1) is 0 Å². The number of para-hydroxylation sites is 1. The molecule has 0 bridgehead atoms. The van der Waals surface area contributed by atoms with Gasteiger partial charge in [0.15, 0.2) is 11.8 Å². The number of benzene rings is 2. The Labute approximate surface area is 176 Å². The number of thioether (sulfide) groups is 1. The molecule has 3 amide bonds. The molecule has 9 heteroatoms. The van der Waals surface area contributed by atoms with Crippen molar-refractivity contribution in [1.82, 2.24) is 5.32 Å². The minimum atomic E-state index is -0.437. The molecule has 3 rings (SSSR count). The molecule has 0 atom stereocenters. The van der Waals surface area contributed by atoms with E-state index in [0.29, 0.717) is 26.9 Å². The predicted octanol–water partition coefficient (Wildman–Crippen LogP) is 3.46. The highest BCUT2D eigenvalue weighted by atomic mass is 35.5. The molecule has 7 nitrogen and oxygen atoms in total. The third kappa shape index (κ3) is 5.94. The van der Waals surface area contributed by atoms with E-state index in [9.17, 15) is 14.4 Å². The summed E-state index contributed by atoms with van der Waals surface area (Å²) in [6.45, 7) is 1.14. The number of ether oxygens (including phenoxy) is 1. The van der Waals surface area contributed by atoms with Crippen LogP contribution in [0.5, 0.6) is 5.75 Å². The van der Waals surface area contributed by atoms with Gasteiger partial charge in [-0.3, -0.25) is 14.4 Å². The van der Waals surface area contributed by atoms with Crippen LogP contribution in [0.1, 0.15) is 12.5 Å². The summed E-state index contributed by atoms with van der Waals surface area (Å²) in [5.74, 6) is -0.703. The van der Waals surface area contributed by atoms with Gasteiger partial charge in [-0.1, -0.05) is 35.9 Å². The Balaban J connectivity index is 1.60. The number of aliphatic imine (C=N–C) groups is 1. The van der Waals surface area contributed by atoms with E-state index in [1.165, 1.54) is 6.92 Å². The third-order valence-electron chi connectivity index (χ3n) is 3.57. The van der Waals surface area contributed by atoms with Crippen molar-refractivity contribution in [2.45, 2.75) is 6.92 Å². The van der Waals surface area contributed by atoms with Crippen LogP contribution in [0.25, 0.3) is 6.08 Å². The number of amidine groups is 1. The van der Waals surface area contributed by atoms with Gasteiger partial charge >= 0.3 is 0 Å². The molecule has 0 fully saturated rings. The molecule has 0 saturated carbocycles. The molecule has 2 aromatic rings. The topological polar surface area (TPSA) is 96.9 Å². The van der Waals surface area contributed by atoms with Crippen LogP contribution in [-0.2, 0) is 14.4 Å². The first-order valence-electron chi connectivity index (χ1n) is 8.48. The van der Waals surface area contributed by atoms with Gasteiger partial charge in [0.2, 0.25) is 5.91 Å². The monoisotopic (exact) mass is 429 g/mol. The van der Waals surface area contributed by atoms with Crippen molar-refractivity contribution in [3.8, 4) is 5.75 Å². The molecule has 148 valence electrons. The van der Waals surface area contributed by atoms with Gasteiger partial charge in [0.25, 0.3) is 11.8 Å². The summed E-state index contributed by atoms with van der Waals surface area (Å²) in [5, 5.41) is 5.73. The van der Waals surface area contributed by atoms with E-state index >= 15 is 0 Å². The summed E-state index contributed by atoms with van der Waals surface area (Å²) < 4.78 is 5.47. The van der Waals surface area contributed by atoms with Gasteiger partial charge in [0, 0.05) is 12.6 Å². The SMILES string of the molecule is CC(=O)NC1=NC(=O)C(=Cc2ccc(OCC(=O)Nc3ccccc3)c(Cl)c2)S1. The maximum Gasteiger partial charge on any atom is 0.286 e. The van der Waals surface area contributed by atoms with Crippen LogP contribution in [0.15, 0.2) is 58.4 Å². The van der Waals surface area contributed by atoms with Crippen molar-refractivity contribution in [1.29, 1.82) is 0 Å². The lowest BCUT2D eigenvalue weighted by atomic mass is 10.2. The Hall–Kier alpha value is -3.10. The average Bonchev–Trinajstić information content (AvgIpc) is 3.00. The minimum Gasteiger partial charge on any atom is -0.482 e. The van der Waals surface area contributed by atoms with Crippen LogP contribution < -0.4 is 15.4 Å². The zero-order valence-corrected chi connectivity index (χ0v) is 16.8. The van der Waals surface area contributed by atoms with Gasteiger partial charge in [0.1, 0.15) is 5.75 Å². The van der Waals surface area contributed by atoms with Crippen molar-refractivity contribution in [3.05, 3.63) is 64.0 Å². The first kappa shape index (κ1) is 20.6. The quantitative estimate of drug-likeness (QED) is 0.709. The van der Waals surface area contributed by atoms with E-state index in [-0.39, 0.29) is 23.6 Å². The molecule has 2 aromatic carbocycles. The Bertz CT molecular complexity index is 1020. The van der Waals surface area contributed by atoms with Crippen LogP contribution in [-0.4, -0.2) is 29.5 Å². The van der Waals surface area contributed by atoms with E-state index in [0.717, 1.165) is 11.8 Å². The van der Waals surface area contributed by atoms with Gasteiger partial charge in [-0.05, 0) is 47.7 Å². The molecule has 0 spiro atoms. The van der Waals surface area contributed by atoms with Crippen LogP contribution in [0.3, 0.4) is 0 Å². The Morgan fingerprint density at radius 3 is 2.62 bits per heavy atom. The zero-order chi connectivity index (χ0) is 20.8. The molecule has 1 aliphatic rings. The number of carbonyl (C=O) groups is 3. The van der Waals surface area contributed by atoms with Crippen LogP contribution in [0.4, 0.5) is 5.69 Å². The van der Waals surface area contributed by atoms with E-state index < -0.39 is 5.91 Å². The number of nitrogens with zero attached hydrogens (tertiary/aromatic N) is 1. The number of halogens is 1. The molecular weight excluding hydrogens is 414 g/mol. The molecule has 1 aliphatic heterocycles. The maximum atomic E-state index is 12.0. The summed E-state index contributed by atoms with van der Waals surface area (Å²) in [5.41, 5.74) is 1.33. The van der Waals surface area contributed by atoms with Gasteiger partial charge in [-0.2, -0.15) is 4.99 Å². The highest BCUT2D eigenvalue weighted by Crippen LogP contribution is 2.30. The maximum absolute atomic E-state index is 12.0. The largest absolute Gasteiger partial charge is 0.482 e. The number of nitrogens with one attached hydrogen (secondary N) is 2.